The molecule has 0 saturated carbocycles. The van der Waals surface area contributed by atoms with Gasteiger partial charge in [-0.15, -0.1) is 0 Å². The van der Waals surface area contributed by atoms with Crippen LogP contribution in [0.1, 0.15) is 30.7 Å². The second kappa shape index (κ2) is 11.6. The zero-order valence-corrected chi connectivity index (χ0v) is 17.7. The van der Waals surface area contributed by atoms with Crippen molar-refractivity contribution in [1.82, 2.24) is 15.5 Å². The number of hydrogen-bond donors (Lipinski definition) is 2. The van der Waals surface area contributed by atoms with Crippen molar-refractivity contribution in [3.8, 4) is 0 Å². The molecule has 1 fully saturated rings. The molecule has 6 heteroatoms. The van der Waals surface area contributed by atoms with Crippen molar-refractivity contribution in [2.24, 2.45) is 10.9 Å². The van der Waals surface area contributed by atoms with E-state index in [0.29, 0.717) is 12.5 Å². The Labute approximate surface area is 174 Å². The molecule has 0 aliphatic carbocycles. The molecule has 0 amide bonds. The molecule has 1 saturated heterocycles. The summed E-state index contributed by atoms with van der Waals surface area (Å²) in [6.07, 6.45) is 2.55. The molecule has 2 heterocycles. The second-order valence-corrected chi connectivity index (χ2v) is 7.85. The van der Waals surface area contributed by atoms with Crippen LogP contribution in [0.4, 0.5) is 0 Å². The fourth-order valence-electron chi connectivity index (χ4n) is 3.26. The number of morpholine rings is 1. The molecule has 0 bridgehead atoms. The Hall–Kier alpha value is -2.31. The molecule has 1 aromatic heterocycles. The minimum atomic E-state index is 0.556. The summed E-state index contributed by atoms with van der Waals surface area (Å²) in [5.74, 6) is 2.39. The van der Waals surface area contributed by atoms with Gasteiger partial charge in [-0.1, -0.05) is 38.1 Å². The molecule has 1 aliphatic heterocycles. The topological polar surface area (TPSA) is 62.0 Å². The highest BCUT2D eigenvalue weighted by molar-refractivity contribution is 5.79. The Morgan fingerprint density at radius 2 is 1.86 bits per heavy atom. The first kappa shape index (κ1) is 21.4. The number of rotatable bonds is 9. The lowest BCUT2D eigenvalue weighted by Crippen LogP contribution is -2.40. The largest absolute Gasteiger partial charge is 0.469 e. The van der Waals surface area contributed by atoms with Crippen LogP contribution < -0.4 is 10.6 Å². The summed E-state index contributed by atoms with van der Waals surface area (Å²) in [5, 5.41) is 6.89. The van der Waals surface area contributed by atoms with Crippen LogP contribution in [0.15, 0.2) is 52.1 Å². The first-order valence-corrected chi connectivity index (χ1v) is 10.6. The molecule has 2 N–H and O–H groups in total. The number of benzene rings is 1. The van der Waals surface area contributed by atoms with Gasteiger partial charge in [0.1, 0.15) is 5.76 Å². The molecule has 0 atom stereocenters. The van der Waals surface area contributed by atoms with Gasteiger partial charge in [-0.25, -0.2) is 4.99 Å². The Morgan fingerprint density at radius 1 is 1.07 bits per heavy atom. The molecular weight excluding hydrogens is 364 g/mol. The van der Waals surface area contributed by atoms with Crippen LogP contribution in [-0.4, -0.2) is 50.3 Å². The number of guanidine groups is 1. The van der Waals surface area contributed by atoms with Gasteiger partial charge < -0.3 is 19.8 Å². The molecule has 3 rings (SSSR count). The Kier molecular flexibility index (Phi) is 8.58. The SMILES string of the molecule is CC(C)CNC(=NCc1ccccc1CN1CCOCC1)NCCc1ccco1. The van der Waals surface area contributed by atoms with Crippen molar-refractivity contribution < 1.29 is 9.15 Å². The first-order chi connectivity index (χ1) is 14.2. The lowest BCUT2D eigenvalue weighted by molar-refractivity contribution is 0.0341. The highest BCUT2D eigenvalue weighted by Gasteiger charge is 2.12. The maximum atomic E-state index is 5.47. The molecule has 29 heavy (non-hydrogen) atoms. The standard InChI is InChI=1S/C23H34N4O2/c1-19(2)16-25-23(24-10-9-22-8-5-13-29-22)26-17-20-6-3-4-7-21(20)18-27-11-14-28-15-12-27/h3-8,13,19H,9-12,14-18H2,1-2H3,(H2,24,25,26). The van der Waals surface area contributed by atoms with E-state index in [2.05, 4.69) is 53.6 Å². The second-order valence-electron chi connectivity index (χ2n) is 7.85. The summed E-state index contributed by atoms with van der Waals surface area (Å²) in [6.45, 7) is 11.3. The lowest BCUT2D eigenvalue weighted by atomic mass is 10.1. The molecule has 0 radical (unpaired) electrons. The van der Waals surface area contributed by atoms with E-state index in [0.717, 1.165) is 64.1 Å². The summed E-state index contributed by atoms with van der Waals surface area (Å²) in [5.41, 5.74) is 2.62. The maximum Gasteiger partial charge on any atom is 0.191 e. The lowest BCUT2D eigenvalue weighted by Gasteiger charge is -2.27. The van der Waals surface area contributed by atoms with Crippen molar-refractivity contribution >= 4 is 5.96 Å². The third-order valence-corrected chi connectivity index (χ3v) is 4.95. The van der Waals surface area contributed by atoms with Crippen molar-refractivity contribution in [2.75, 3.05) is 39.4 Å². The number of nitrogens with zero attached hydrogens (tertiary/aromatic N) is 2. The summed E-state index contributed by atoms with van der Waals surface area (Å²) < 4.78 is 10.9. The Bertz CT molecular complexity index is 737. The summed E-state index contributed by atoms with van der Waals surface area (Å²) in [6, 6.07) is 12.5. The van der Waals surface area contributed by atoms with E-state index in [9.17, 15) is 0 Å². The quantitative estimate of drug-likeness (QED) is 0.502. The van der Waals surface area contributed by atoms with Gasteiger partial charge in [-0.2, -0.15) is 0 Å². The minimum Gasteiger partial charge on any atom is -0.469 e. The third kappa shape index (κ3) is 7.55. The number of aliphatic imine (C=N–C) groups is 1. The number of nitrogens with one attached hydrogen (secondary N) is 2. The number of furan rings is 1. The fraction of sp³-hybridized carbons (Fsp3) is 0.522. The molecule has 1 aromatic carbocycles. The van der Waals surface area contributed by atoms with Crippen LogP contribution in [0.2, 0.25) is 0 Å². The van der Waals surface area contributed by atoms with Gasteiger partial charge in [0.25, 0.3) is 0 Å². The van der Waals surface area contributed by atoms with E-state index in [1.807, 2.05) is 12.1 Å². The van der Waals surface area contributed by atoms with E-state index in [1.165, 1.54) is 11.1 Å². The smallest absolute Gasteiger partial charge is 0.191 e. The third-order valence-electron chi connectivity index (χ3n) is 4.95. The summed E-state index contributed by atoms with van der Waals surface area (Å²) >= 11 is 0. The van der Waals surface area contributed by atoms with Gasteiger partial charge >= 0.3 is 0 Å². The van der Waals surface area contributed by atoms with Gasteiger partial charge in [0.05, 0.1) is 26.0 Å². The van der Waals surface area contributed by atoms with Crippen LogP contribution in [0.25, 0.3) is 0 Å². The average molecular weight is 399 g/mol. The molecular formula is C23H34N4O2. The number of hydrogen-bond acceptors (Lipinski definition) is 4. The summed E-state index contributed by atoms with van der Waals surface area (Å²) in [4.78, 5) is 7.31. The zero-order valence-electron chi connectivity index (χ0n) is 17.7. The van der Waals surface area contributed by atoms with E-state index in [4.69, 9.17) is 14.1 Å². The highest BCUT2D eigenvalue weighted by Crippen LogP contribution is 2.14. The van der Waals surface area contributed by atoms with Gasteiger partial charge in [0, 0.05) is 39.1 Å². The number of ether oxygens (including phenoxy) is 1. The molecule has 6 nitrogen and oxygen atoms in total. The van der Waals surface area contributed by atoms with Crippen LogP contribution in [0, 0.1) is 5.92 Å². The van der Waals surface area contributed by atoms with Crippen LogP contribution in [0.5, 0.6) is 0 Å². The fourth-order valence-corrected chi connectivity index (χ4v) is 3.26. The van der Waals surface area contributed by atoms with Crippen molar-refractivity contribution in [1.29, 1.82) is 0 Å². The van der Waals surface area contributed by atoms with Crippen LogP contribution in [-0.2, 0) is 24.2 Å². The molecule has 158 valence electrons. The van der Waals surface area contributed by atoms with Crippen LogP contribution >= 0.6 is 0 Å². The minimum absolute atomic E-state index is 0.556. The van der Waals surface area contributed by atoms with Crippen molar-refractivity contribution in [3.05, 3.63) is 59.5 Å². The van der Waals surface area contributed by atoms with Gasteiger partial charge in [0.2, 0.25) is 0 Å². The van der Waals surface area contributed by atoms with E-state index in [-0.39, 0.29) is 0 Å². The van der Waals surface area contributed by atoms with Gasteiger partial charge in [-0.05, 0) is 29.2 Å². The van der Waals surface area contributed by atoms with E-state index in [1.54, 1.807) is 6.26 Å². The van der Waals surface area contributed by atoms with E-state index < -0.39 is 0 Å². The Balaban J connectivity index is 1.60. The maximum absolute atomic E-state index is 5.47. The monoisotopic (exact) mass is 398 g/mol. The predicted octanol–water partition coefficient (Wildman–Crippen LogP) is 3.05. The first-order valence-electron chi connectivity index (χ1n) is 10.6. The van der Waals surface area contributed by atoms with Crippen LogP contribution in [0.3, 0.4) is 0 Å². The van der Waals surface area contributed by atoms with Crippen molar-refractivity contribution in [2.45, 2.75) is 33.4 Å². The molecule has 1 aliphatic rings. The normalized spacial score (nSPS) is 15.6. The van der Waals surface area contributed by atoms with Crippen molar-refractivity contribution in [3.63, 3.8) is 0 Å². The van der Waals surface area contributed by atoms with Gasteiger partial charge in [0.15, 0.2) is 5.96 Å². The molecule has 0 unspecified atom stereocenters. The average Bonchev–Trinajstić information content (AvgIpc) is 3.25. The molecule has 0 spiro atoms. The zero-order chi connectivity index (χ0) is 20.3. The predicted molar refractivity (Wildman–Crippen MR) is 117 cm³/mol. The Morgan fingerprint density at radius 3 is 2.59 bits per heavy atom. The highest BCUT2D eigenvalue weighted by atomic mass is 16.5. The molecule has 2 aromatic rings. The van der Waals surface area contributed by atoms with E-state index >= 15 is 0 Å². The summed E-state index contributed by atoms with van der Waals surface area (Å²) in [7, 11) is 0. The van der Waals surface area contributed by atoms with Gasteiger partial charge in [-0.3, -0.25) is 4.90 Å².